The third kappa shape index (κ3) is 4.73. The van der Waals surface area contributed by atoms with Crippen LogP contribution in [0.3, 0.4) is 0 Å². The van der Waals surface area contributed by atoms with E-state index < -0.39 is 9.84 Å². The molecule has 0 aromatic carbocycles. The van der Waals surface area contributed by atoms with Crippen LogP contribution in [0.2, 0.25) is 0 Å². The molecule has 3 aromatic heterocycles. The van der Waals surface area contributed by atoms with E-state index in [2.05, 4.69) is 20.6 Å². The number of carbonyl (C=O) groups is 1. The molecule has 11 heteroatoms. The molecular formula is C18H21N5O4S2. The molecule has 0 radical (unpaired) electrons. The number of thiophene rings is 1. The van der Waals surface area contributed by atoms with Crippen LogP contribution in [0.4, 0.5) is 5.82 Å². The summed E-state index contributed by atoms with van der Waals surface area (Å²) in [6.07, 6.45) is 1.85. The lowest BCUT2D eigenvalue weighted by molar-refractivity contribution is -0.116. The standard InChI is InChI=1S/C18H21N5O4S2/c1-12-10-15(23(21-12)13-7-9-29(25,26)11-13)19-16(24)5-2-6-17-20-18(22-27-17)14-4-3-8-28-14/h3-4,8,10,13H,2,5-7,9,11H2,1H3,(H,19,24). The molecule has 4 rings (SSSR count). The van der Waals surface area contributed by atoms with Crippen molar-refractivity contribution in [3.8, 4) is 10.7 Å². The van der Waals surface area contributed by atoms with Gasteiger partial charge in [0.25, 0.3) is 0 Å². The second kappa shape index (κ2) is 8.07. The van der Waals surface area contributed by atoms with Crippen LogP contribution < -0.4 is 5.32 Å². The monoisotopic (exact) mass is 435 g/mol. The van der Waals surface area contributed by atoms with Crippen molar-refractivity contribution in [2.45, 2.75) is 38.6 Å². The van der Waals surface area contributed by atoms with Crippen LogP contribution in [-0.4, -0.2) is 45.8 Å². The Balaban J connectivity index is 1.31. The Hall–Kier alpha value is -2.53. The van der Waals surface area contributed by atoms with Crippen LogP contribution >= 0.6 is 11.3 Å². The molecule has 1 fully saturated rings. The van der Waals surface area contributed by atoms with Gasteiger partial charge in [-0.25, -0.2) is 13.1 Å². The van der Waals surface area contributed by atoms with Crippen molar-refractivity contribution in [3.05, 3.63) is 35.2 Å². The maximum absolute atomic E-state index is 12.4. The fourth-order valence-corrected chi connectivity index (χ4v) is 5.67. The van der Waals surface area contributed by atoms with Gasteiger partial charge in [0.05, 0.1) is 28.1 Å². The van der Waals surface area contributed by atoms with E-state index in [0.29, 0.717) is 36.8 Å². The summed E-state index contributed by atoms with van der Waals surface area (Å²) >= 11 is 1.54. The second-order valence-corrected chi connectivity index (χ2v) is 10.2. The molecule has 0 saturated carbocycles. The van der Waals surface area contributed by atoms with Crippen LogP contribution in [-0.2, 0) is 21.1 Å². The SMILES string of the molecule is Cc1cc(NC(=O)CCCc2nc(-c3cccs3)no2)n(C2CCS(=O)(=O)C2)n1. The zero-order valence-electron chi connectivity index (χ0n) is 15.9. The number of amides is 1. The summed E-state index contributed by atoms with van der Waals surface area (Å²) in [6.45, 7) is 1.82. The molecule has 3 aromatic rings. The number of nitrogens with one attached hydrogen (secondary N) is 1. The summed E-state index contributed by atoms with van der Waals surface area (Å²) < 4.78 is 30.4. The molecular weight excluding hydrogens is 414 g/mol. The predicted octanol–water partition coefficient (Wildman–Crippen LogP) is 2.62. The Morgan fingerprint density at radius 1 is 1.45 bits per heavy atom. The van der Waals surface area contributed by atoms with E-state index in [0.717, 1.165) is 10.6 Å². The van der Waals surface area contributed by atoms with Gasteiger partial charge in [-0.3, -0.25) is 4.79 Å². The van der Waals surface area contributed by atoms with Crippen LogP contribution in [0.5, 0.6) is 0 Å². The fraction of sp³-hybridized carbons (Fsp3) is 0.444. The largest absolute Gasteiger partial charge is 0.339 e. The first kappa shape index (κ1) is 19.8. The number of aryl methyl sites for hydroxylation is 2. The molecule has 1 amide bonds. The quantitative estimate of drug-likeness (QED) is 0.606. The van der Waals surface area contributed by atoms with Gasteiger partial charge in [0.15, 0.2) is 9.84 Å². The Bertz CT molecular complexity index is 1100. The van der Waals surface area contributed by atoms with Crippen LogP contribution in [0.1, 0.15) is 36.9 Å². The molecule has 1 atom stereocenters. The summed E-state index contributed by atoms with van der Waals surface area (Å²) in [5, 5.41) is 13.1. The van der Waals surface area contributed by atoms with Crippen LogP contribution in [0.15, 0.2) is 28.1 Å². The Kier molecular flexibility index (Phi) is 5.50. The number of hydrogen-bond donors (Lipinski definition) is 1. The number of anilines is 1. The number of aromatic nitrogens is 4. The molecule has 1 unspecified atom stereocenters. The number of nitrogens with zero attached hydrogens (tertiary/aromatic N) is 4. The summed E-state index contributed by atoms with van der Waals surface area (Å²) in [5.74, 6) is 1.64. The smallest absolute Gasteiger partial charge is 0.226 e. The Morgan fingerprint density at radius 2 is 2.31 bits per heavy atom. The minimum atomic E-state index is -3.03. The highest BCUT2D eigenvalue weighted by molar-refractivity contribution is 7.91. The average molecular weight is 436 g/mol. The van der Waals surface area contributed by atoms with E-state index in [9.17, 15) is 13.2 Å². The van der Waals surface area contributed by atoms with Crippen LogP contribution in [0.25, 0.3) is 10.7 Å². The van der Waals surface area contributed by atoms with Crippen molar-refractivity contribution >= 4 is 32.9 Å². The maximum Gasteiger partial charge on any atom is 0.226 e. The molecule has 0 aliphatic carbocycles. The average Bonchev–Trinajstić information content (AvgIpc) is 3.42. The number of rotatable bonds is 7. The third-order valence-corrected chi connectivity index (χ3v) is 7.30. The van der Waals surface area contributed by atoms with Gasteiger partial charge in [0, 0.05) is 18.9 Å². The number of carbonyl (C=O) groups excluding carboxylic acids is 1. The highest BCUT2D eigenvalue weighted by Crippen LogP contribution is 2.27. The molecule has 1 aliphatic rings. The van der Waals surface area contributed by atoms with Gasteiger partial charge in [0.2, 0.25) is 17.6 Å². The molecule has 1 N–H and O–H groups in total. The fourth-order valence-electron chi connectivity index (χ4n) is 3.32. The van der Waals surface area contributed by atoms with Crippen molar-refractivity contribution in [1.82, 2.24) is 19.9 Å². The zero-order valence-corrected chi connectivity index (χ0v) is 17.5. The van der Waals surface area contributed by atoms with Gasteiger partial charge in [-0.2, -0.15) is 10.1 Å². The third-order valence-electron chi connectivity index (χ3n) is 4.68. The Morgan fingerprint density at radius 3 is 3.03 bits per heavy atom. The highest BCUT2D eigenvalue weighted by Gasteiger charge is 2.31. The van der Waals surface area contributed by atoms with Crippen molar-refractivity contribution < 1.29 is 17.7 Å². The van der Waals surface area contributed by atoms with Gasteiger partial charge in [-0.15, -0.1) is 11.3 Å². The summed E-state index contributed by atoms with van der Waals surface area (Å²) in [4.78, 5) is 17.6. The normalized spacial score (nSPS) is 18.2. The molecule has 0 bridgehead atoms. The summed E-state index contributed by atoms with van der Waals surface area (Å²) in [6, 6.07) is 5.37. The van der Waals surface area contributed by atoms with E-state index in [1.54, 1.807) is 10.7 Å². The molecule has 0 spiro atoms. The first-order valence-electron chi connectivity index (χ1n) is 9.32. The van der Waals surface area contributed by atoms with Crippen molar-refractivity contribution in [2.24, 2.45) is 0 Å². The van der Waals surface area contributed by atoms with Gasteiger partial charge in [-0.1, -0.05) is 11.2 Å². The lowest BCUT2D eigenvalue weighted by Gasteiger charge is -2.13. The van der Waals surface area contributed by atoms with Gasteiger partial charge in [-0.05, 0) is 31.2 Å². The van der Waals surface area contributed by atoms with E-state index in [-0.39, 0.29) is 29.9 Å². The van der Waals surface area contributed by atoms with Gasteiger partial charge in [0.1, 0.15) is 5.82 Å². The maximum atomic E-state index is 12.4. The van der Waals surface area contributed by atoms with Gasteiger partial charge < -0.3 is 9.84 Å². The van der Waals surface area contributed by atoms with Gasteiger partial charge >= 0.3 is 0 Å². The minimum Gasteiger partial charge on any atom is -0.339 e. The number of sulfone groups is 1. The molecule has 154 valence electrons. The molecule has 1 saturated heterocycles. The van der Waals surface area contributed by atoms with E-state index >= 15 is 0 Å². The molecule has 4 heterocycles. The lowest BCUT2D eigenvalue weighted by atomic mass is 10.2. The zero-order chi connectivity index (χ0) is 20.4. The first-order valence-corrected chi connectivity index (χ1v) is 12.0. The summed E-state index contributed by atoms with van der Waals surface area (Å²) in [7, 11) is -3.03. The van der Waals surface area contributed by atoms with Crippen LogP contribution in [0, 0.1) is 6.92 Å². The number of hydrogen-bond acceptors (Lipinski definition) is 8. The highest BCUT2D eigenvalue weighted by atomic mass is 32.2. The van der Waals surface area contributed by atoms with Crippen molar-refractivity contribution in [1.29, 1.82) is 0 Å². The lowest BCUT2D eigenvalue weighted by Crippen LogP contribution is -2.19. The second-order valence-electron chi connectivity index (χ2n) is 7.06. The summed E-state index contributed by atoms with van der Waals surface area (Å²) in [5.41, 5.74) is 0.733. The van der Waals surface area contributed by atoms with Crippen molar-refractivity contribution in [3.63, 3.8) is 0 Å². The first-order chi connectivity index (χ1) is 13.9. The molecule has 1 aliphatic heterocycles. The molecule has 9 nitrogen and oxygen atoms in total. The van der Waals surface area contributed by atoms with Crippen molar-refractivity contribution in [2.75, 3.05) is 16.8 Å². The van der Waals surface area contributed by atoms with E-state index in [1.165, 1.54) is 11.3 Å². The Labute approximate surface area is 172 Å². The van der Waals surface area contributed by atoms with E-state index in [4.69, 9.17) is 4.52 Å². The predicted molar refractivity (Wildman–Crippen MR) is 108 cm³/mol. The minimum absolute atomic E-state index is 0.0563. The van der Waals surface area contributed by atoms with E-state index in [1.807, 2.05) is 24.4 Å². The molecule has 29 heavy (non-hydrogen) atoms. The topological polar surface area (TPSA) is 120 Å².